The first-order valence-corrected chi connectivity index (χ1v) is 5.40. The second kappa shape index (κ2) is 4.42. The molecule has 1 heterocycles. The number of nitrogens with two attached hydrogens (primary N) is 1. The zero-order chi connectivity index (χ0) is 10.0. The fourth-order valence-electron chi connectivity index (χ4n) is 1.03. The molecule has 0 aliphatic carbocycles. The van der Waals surface area contributed by atoms with E-state index in [9.17, 15) is 0 Å². The van der Waals surface area contributed by atoms with Crippen LogP contribution in [0, 0.1) is 0 Å². The molecule has 1 aromatic heterocycles. The SMILES string of the molecule is CC(c1cc(Cl)c(CN)s1)N(C)C. The van der Waals surface area contributed by atoms with Gasteiger partial charge in [0.2, 0.25) is 0 Å². The Morgan fingerprint density at radius 2 is 2.23 bits per heavy atom. The second-order valence-corrected chi connectivity index (χ2v) is 4.84. The number of hydrogen-bond donors (Lipinski definition) is 1. The van der Waals surface area contributed by atoms with E-state index in [2.05, 4.69) is 25.9 Å². The summed E-state index contributed by atoms with van der Waals surface area (Å²) >= 11 is 7.70. The molecule has 1 rings (SSSR count). The van der Waals surface area contributed by atoms with Crippen LogP contribution in [0.1, 0.15) is 22.7 Å². The summed E-state index contributed by atoms with van der Waals surface area (Å²) in [6, 6.07) is 2.42. The summed E-state index contributed by atoms with van der Waals surface area (Å²) < 4.78 is 0. The van der Waals surface area contributed by atoms with E-state index in [4.69, 9.17) is 17.3 Å². The average Bonchev–Trinajstić information content (AvgIpc) is 2.45. The highest BCUT2D eigenvalue weighted by Crippen LogP contribution is 2.32. The molecule has 1 unspecified atom stereocenters. The van der Waals surface area contributed by atoms with Crippen molar-refractivity contribution in [2.45, 2.75) is 19.5 Å². The molecule has 1 aromatic rings. The van der Waals surface area contributed by atoms with Crippen LogP contribution in [0.25, 0.3) is 0 Å². The molecule has 0 amide bonds. The van der Waals surface area contributed by atoms with Crippen molar-refractivity contribution in [1.82, 2.24) is 4.90 Å². The number of halogens is 1. The molecule has 0 aliphatic heterocycles. The largest absolute Gasteiger partial charge is 0.326 e. The van der Waals surface area contributed by atoms with Gasteiger partial charge in [-0.25, -0.2) is 0 Å². The molecule has 0 bridgehead atoms. The Bertz CT molecular complexity index is 283. The molecule has 0 aromatic carbocycles. The van der Waals surface area contributed by atoms with Crippen molar-refractivity contribution in [2.24, 2.45) is 5.73 Å². The van der Waals surface area contributed by atoms with E-state index in [1.54, 1.807) is 11.3 Å². The second-order valence-electron chi connectivity index (χ2n) is 3.26. The van der Waals surface area contributed by atoms with E-state index in [0.29, 0.717) is 12.6 Å². The number of rotatable bonds is 3. The van der Waals surface area contributed by atoms with Gasteiger partial charge in [0.1, 0.15) is 0 Å². The van der Waals surface area contributed by atoms with Crippen molar-refractivity contribution in [2.75, 3.05) is 14.1 Å². The highest BCUT2D eigenvalue weighted by atomic mass is 35.5. The van der Waals surface area contributed by atoms with E-state index < -0.39 is 0 Å². The van der Waals surface area contributed by atoms with Crippen LogP contribution in [0.3, 0.4) is 0 Å². The van der Waals surface area contributed by atoms with Gasteiger partial charge >= 0.3 is 0 Å². The molecule has 0 saturated heterocycles. The molecule has 0 radical (unpaired) electrons. The van der Waals surface area contributed by atoms with Gasteiger partial charge in [0, 0.05) is 22.3 Å². The quantitative estimate of drug-likeness (QED) is 0.845. The summed E-state index contributed by atoms with van der Waals surface area (Å²) in [5.74, 6) is 0. The third kappa shape index (κ3) is 2.44. The van der Waals surface area contributed by atoms with Crippen molar-refractivity contribution in [3.63, 3.8) is 0 Å². The van der Waals surface area contributed by atoms with Crippen LogP contribution in [-0.4, -0.2) is 19.0 Å². The van der Waals surface area contributed by atoms with Gasteiger partial charge in [-0.05, 0) is 27.1 Å². The fraction of sp³-hybridized carbons (Fsp3) is 0.556. The molecule has 0 aliphatic rings. The van der Waals surface area contributed by atoms with Gasteiger partial charge in [0.25, 0.3) is 0 Å². The van der Waals surface area contributed by atoms with Gasteiger partial charge in [-0.15, -0.1) is 11.3 Å². The van der Waals surface area contributed by atoms with Crippen molar-refractivity contribution in [1.29, 1.82) is 0 Å². The summed E-state index contributed by atoms with van der Waals surface area (Å²) in [4.78, 5) is 4.50. The predicted octanol–water partition coefficient (Wildman–Crippen LogP) is 2.48. The molecule has 13 heavy (non-hydrogen) atoms. The molecule has 74 valence electrons. The molecule has 0 fully saturated rings. The summed E-state index contributed by atoms with van der Waals surface area (Å²) in [5.41, 5.74) is 5.55. The van der Waals surface area contributed by atoms with Crippen LogP contribution in [-0.2, 0) is 6.54 Å². The zero-order valence-corrected chi connectivity index (χ0v) is 9.75. The minimum absolute atomic E-state index is 0.405. The maximum Gasteiger partial charge on any atom is 0.0561 e. The third-order valence-electron chi connectivity index (χ3n) is 2.15. The number of nitrogens with zero attached hydrogens (tertiary/aromatic N) is 1. The van der Waals surface area contributed by atoms with Crippen LogP contribution < -0.4 is 5.73 Å². The minimum atomic E-state index is 0.405. The summed E-state index contributed by atoms with van der Waals surface area (Å²) in [7, 11) is 4.11. The van der Waals surface area contributed by atoms with Crippen LogP contribution in [0.4, 0.5) is 0 Å². The standard InChI is InChI=1S/C9H15ClN2S/c1-6(12(2)3)8-4-7(10)9(5-11)13-8/h4,6H,5,11H2,1-3H3. The van der Waals surface area contributed by atoms with Crippen molar-refractivity contribution in [3.8, 4) is 0 Å². The molecule has 0 spiro atoms. The summed E-state index contributed by atoms with van der Waals surface area (Å²) in [5, 5.41) is 0.802. The first-order chi connectivity index (χ1) is 6.06. The number of thiophene rings is 1. The molecule has 0 saturated carbocycles. The molecule has 1 atom stereocenters. The first kappa shape index (κ1) is 11.0. The van der Waals surface area contributed by atoms with E-state index in [1.807, 2.05) is 6.07 Å². The molecule has 2 N–H and O–H groups in total. The normalized spacial score (nSPS) is 13.7. The van der Waals surface area contributed by atoms with Crippen LogP contribution >= 0.6 is 22.9 Å². The highest BCUT2D eigenvalue weighted by Gasteiger charge is 2.13. The Balaban J connectivity index is 2.90. The lowest BCUT2D eigenvalue weighted by molar-refractivity contribution is 0.325. The van der Waals surface area contributed by atoms with Gasteiger partial charge in [0.15, 0.2) is 0 Å². The van der Waals surface area contributed by atoms with Gasteiger partial charge in [-0.1, -0.05) is 11.6 Å². The lowest BCUT2D eigenvalue weighted by Crippen LogP contribution is -2.15. The zero-order valence-electron chi connectivity index (χ0n) is 8.17. The van der Waals surface area contributed by atoms with Crippen molar-refractivity contribution in [3.05, 3.63) is 20.8 Å². The van der Waals surface area contributed by atoms with Gasteiger partial charge in [-0.3, -0.25) is 0 Å². The van der Waals surface area contributed by atoms with Gasteiger partial charge < -0.3 is 10.6 Å². The van der Waals surface area contributed by atoms with Gasteiger partial charge in [-0.2, -0.15) is 0 Å². The molecule has 4 heteroatoms. The Kier molecular flexibility index (Phi) is 3.74. The molecular formula is C9H15ClN2S. The van der Waals surface area contributed by atoms with E-state index >= 15 is 0 Å². The lowest BCUT2D eigenvalue weighted by Gasteiger charge is -2.17. The Labute approximate surface area is 88.3 Å². The third-order valence-corrected chi connectivity index (χ3v) is 3.93. The van der Waals surface area contributed by atoms with Crippen LogP contribution in [0.2, 0.25) is 5.02 Å². The molecule has 2 nitrogen and oxygen atoms in total. The monoisotopic (exact) mass is 218 g/mol. The first-order valence-electron chi connectivity index (χ1n) is 4.21. The highest BCUT2D eigenvalue weighted by molar-refractivity contribution is 7.12. The topological polar surface area (TPSA) is 29.3 Å². The van der Waals surface area contributed by atoms with Crippen LogP contribution in [0.15, 0.2) is 6.07 Å². The molecular weight excluding hydrogens is 204 g/mol. The van der Waals surface area contributed by atoms with Gasteiger partial charge in [0.05, 0.1) is 5.02 Å². The maximum atomic E-state index is 6.01. The van der Waals surface area contributed by atoms with Crippen LogP contribution in [0.5, 0.6) is 0 Å². The lowest BCUT2D eigenvalue weighted by atomic mass is 10.2. The van der Waals surface area contributed by atoms with E-state index in [0.717, 1.165) is 9.90 Å². The van der Waals surface area contributed by atoms with E-state index in [1.165, 1.54) is 4.88 Å². The van der Waals surface area contributed by atoms with E-state index in [-0.39, 0.29) is 0 Å². The summed E-state index contributed by atoms with van der Waals surface area (Å²) in [6.45, 7) is 2.69. The Morgan fingerprint density at radius 3 is 2.62 bits per heavy atom. The Morgan fingerprint density at radius 1 is 1.62 bits per heavy atom. The average molecular weight is 219 g/mol. The predicted molar refractivity (Wildman–Crippen MR) is 59.3 cm³/mol. The smallest absolute Gasteiger partial charge is 0.0561 e. The fourth-order valence-corrected chi connectivity index (χ4v) is 2.48. The van der Waals surface area contributed by atoms with Crippen molar-refractivity contribution < 1.29 is 0 Å². The summed E-state index contributed by atoms with van der Waals surface area (Å²) in [6.07, 6.45) is 0. The number of hydrogen-bond acceptors (Lipinski definition) is 3. The minimum Gasteiger partial charge on any atom is -0.326 e. The maximum absolute atomic E-state index is 6.01. The Hall–Kier alpha value is -0.0900. The van der Waals surface area contributed by atoms with Crippen molar-refractivity contribution >= 4 is 22.9 Å².